The summed E-state index contributed by atoms with van der Waals surface area (Å²) < 4.78 is 0. The minimum atomic E-state index is -0.144. The number of β-amino-alcohol motifs (C(OH)–C–C–N with tert-alkyl or cyclic N) is 1. The zero-order chi connectivity index (χ0) is 11.5. The van der Waals surface area contributed by atoms with Crippen LogP contribution in [0.5, 0.6) is 0 Å². The SMILES string of the molecule is CN(C)c1ccc(CN2CC[C@H](O)C2)cn1. The molecule has 1 aliphatic rings. The van der Waals surface area contributed by atoms with Crippen molar-refractivity contribution in [2.45, 2.75) is 19.1 Å². The van der Waals surface area contributed by atoms with Gasteiger partial charge in [-0.05, 0) is 18.1 Å². The zero-order valence-corrected chi connectivity index (χ0v) is 9.93. The second-order valence-corrected chi connectivity index (χ2v) is 4.60. The Morgan fingerprint density at radius 2 is 2.31 bits per heavy atom. The van der Waals surface area contributed by atoms with E-state index in [9.17, 15) is 5.11 Å². The first-order valence-electron chi connectivity index (χ1n) is 5.68. The predicted octanol–water partition coefficient (Wildman–Crippen LogP) is 0.714. The quantitative estimate of drug-likeness (QED) is 0.816. The fraction of sp³-hybridized carbons (Fsp3) is 0.583. The lowest BCUT2D eigenvalue weighted by Crippen LogP contribution is -2.21. The Morgan fingerprint density at radius 3 is 2.81 bits per heavy atom. The van der Waals surface area contributed by atoms with Crippen molar-refractivity contribution < 1.29 is 5.11 Å². The third-order valence-corrected chi connectivity index (χ3v) is 2.92. The fourth-order valence-corrected chi connectivity index (χ4v) is 1.99. The van der Waals surface area contributed by atoms with E-state index in [4.69, 9.17) is 0 Å². The van der Waals surface area contributed by atoms with Gasteiger partial charge < -0.3 is 10.0 Å². The molecule has 0 saturated carbocycles. The Labute approximate surface area is 96.5 Å². The molecule has 4 heteroatoms. The van der Waals surface area contributed by atoms with Crippen LogP contribution in [0.4, 0.5) is 5.82 Å². The Balaban J connectivity index is 1.95. The summed E-state index contributed by atoms with van der Waals surface area (Å²) in [4.78, 5) is 8.63. The third kappa shape index (κ3) is 2.71. The lowest BCUT2D eigenvalue weighted by Gasteiger charge is -2.16. The average Bonchev–Trinajstić information content (AvgIpc) is 2.65. The number of aliphatic hydroxyl groups is 1. The summed E-state index contributed by atoms with van der Waals surface area (Å²) in [6, 6.07) is 4.13. The summed E-state index contributed by atoms with van der Waals surface area (Å²) in [5.74, 6) is 0.977. The van der Waals surface area contributed by atoms with Crippen LogP contribution in [0.3, 0.4) is 0 Å². The molecule has 16 heavy (non-hydrogen) atoms. The van der Waals surface area contributed by atoms with Crippen LogP contribution < -0.4 is 4.90 Å². The van der Waals surface area contributed by atoms with Gasteiger partial charge in [-0.2, -0.15) is 0 Å². The molecule has 2 heterocycles. The van der Waals surface area contributed by atoms with Crippen molar-refractivity contribution >= 4 is 5.82 Å². The standard InChI is InChI=1S/C12H19N3O/c1-14(2)12-4-3-10(7-13-12)8-15-6-5-11(16)9-15/h3-4,7,11,16H,5-6,8-9H2,1-2H3/t11-/m0/s1. The van der Waals surface area contributed by atoms with Gasteiger partial charge >= 0.3 is 0 Å². The molecule has 1 aromatic rings. The molecule has 1 saturated heterocycles. The molecule has 1 atom stereocenters. The number of hydrogen-bond acceptors (Lipinski definition) is 4. The van der Waals surface area contributed by atoms with E-state index in [1.54, 1.807) is 0 Å². The van der Waals surface area contributed by atoms with E-state index in [2.05, 4.69) is 16.0 Å². The topological polar surface area (TPSA) is 39.6 Å². The summed E-state index contributed by atoms with van der Waals surface area (Å²) in [5, 5.41) is 9.43. The van der Waals surface area contributed by atoms with Gasteiger partial charge in [-0.1, -0.05) is 6.07 Å². The van der Waals surface area contributed by atoms with Gasteiger partial charge in [0.05, 0.1) is 6.10 Å². The summed E-state index contributed by atoms with van der Waals surface area (Å²) in [5.41, 5.74) is 1.21. The highest BCUT2D eigenvalue weighted by atomic mass is 16.3. The number of nitrogens with zero attached hydrogens (tertiary/aromatic N) is 3. The molecule has 2 rings (SSSR count). The van der Waals surface area contributed by atoms with E-state index >= 15 is 0 Å². The fourth-order valence-electron chi connectivity index (χ4n) is 1.99. The number of aliphatic hydroxyl groups excluding tert-OH is 1. The normalized spacial score (nSPS) is 21.3. The van der Waals surface area contributed by atoms with Gasteiger partial charge in [-0.25, -0.2) is 4.98 Å². The summed E-state index contributed by atoms with van der Waals surface area (Å²) in [6.45, 7) is 2.66. The van der Waals surface area contributed by atoms with E-state index in [1.165, 1.54) is 5.56 Å². The number of hydrogen-bond donors (Lipinski definition) is 1. The van der Waals surface area contributed by atoms with Crippen molar-refractivity contribution in [3.8, 4) is 0 Å². The largest absolute Gasteiger partial charge is 0.392 e. The lowest BCUT2D eigenvalue weighted by atomic mass is 10.2. The van der Waals surface area contributed by atoms with Crippen molar-refractivity contribution in [1.82, 2.24) is 9.88 Å². The Hall–Kier alpha value is -1.13. The van der Waals surface area contributed by atoms with Gasteiger partial charge in [-0.3, -0.25) is 4.90 Å². The number of pyridine rings is 1. The van der Waals surface area contributed by atoms with Crippen molar-refractivity contribution in [3.05, 3.63) is 23.9 Å². The van der Waals surface area contributed by atoms with Crippen LogP contribution in [0.1, 0.15) is 12.0 Å². The molecule has 1 N–H and O–H groups in total. The van der Waals surface area contributed by atoms with E-state index in [0.29, 0.717) is 0 Å². The van der Waals surface area contributed by atoms with Crippen LogP contribution in [-0.4, -0.2) is 48.3 Å². The third-order valence-electron chi connectivity index (χ3n) is 2.92. The summed E-state index contributed by atoms with van der Waals surface area (Å²) in [7, 11) is 3.97. The molecule has 1 fully saturated rings. The minimum Gasteiger partial charge on any atom is -0.392 e. The molecule has 4 nitrogen and oxygen atoms in total. The van der Waals surface area contributed by atoms with Crippen LogP contribution in [0.25, 0.3) is 0 Å². The number of likely N-dealkylation sites (tertiary alicyclic amines) is 1. The highest BCUT2D eigenvalue weighted by Gasteiger charge is 2.19. The molecule has 0 aromatic carbocycles. The van der Waals surface area contributed by atoms with Crippen molar-refractivity contribution in [2.75, 3.05) is 32.1 Å². The highest BCUT2D eigenvalue weighted by Crippen LogP contribution is 2.14. The first-order valence-corrected chi connectivity index (χ1v) is 5.68. The van der Waals surface area contributed by atoms with E-state index in [-0.39, 0.29) is 6.10 Å². The molecule has 0 aliphatic carbocycles. The molecule has 1 aromatic heterocycles. The van der Waals surface area contributed by atoms with E-state index < -0.39 is 0 Å². The lowest BCUT2D eigenvalue weighted by molar-refractivity contribution is 0.175. The highest BCUT2D eigenvalue weighted by molar-refractivity contribution is 5.37. The van der Waals surface area contributed by atoms with Gasteiger partial charge in [0.15, 0.2) is 0 Å². The van der Waals surface area contributed by atoms with Gasteiger partial charge in [0.25, 0.3) is 0 Å². The number of rotatable bonds is 3. The molecule has 1 aliphatic heterocycles. The zero-order valence-electron chi connectivity index (χ0n) is 9.93. The second kappa shape index (κ2) is 4.80. The molecule has 0 bridgehead atoms. The maximum absolute atomic E-state index is 9.43. The second-order valence-electron chi connectivity index (χ2n) is 4.60. The van der Waals surface area contributed by atoms with Crippen molar-refractivity contribution in [3.63, 3.8) is 0 Å². The van der Waals surface area contributed by atoms with Gasteiger partial charge in [0, 0.05) is 39.9 Å². The van der Waals surface area contributed by atoms with Crippen LogP contribution >= 0.6 is 0 Å². The Kier molecular flexibility index (Phi) is 3.41. The maximum Gasteiger partial charge on any atom is 0.127 e. The number of anilines is 1. The Bertz CT molecular complexity index is 337. The maximum atomic E-state index is 9.43. The molecule has 0 spiro atoms. The van der Waals surface area contributed by atoms with Crippen LogP contribution in [-0.2, 0) is 6.54 Å². The summed E-state index contributed by atoms with van der Waals surface area (Å²) in [6.07, 6.45) is 2.66. The Morgan fingerprint density at radius 1 is 1.50 bits per heavy atom. The molecule has 0 radical (unpaired) electrons. The minimum absolute atomic E-state index is 0.144. The van der Waals surface area contributed by atoms with Gasteiger partial charge in [0.1, 0.15) is 5.82 Å². The van der Waals surface area contributed by atoms with E-state index in [0.717, 1.165) is 31.9 Å². The number of aromatic nitrogens is 1. The van der Waals surface area contributed by atoms with Gasteiger partial charge in [0.2, 0.25) is 0 Å². The monoisotopic (exact) mass is 221 g/mol. The van der Waals surface area contributed by atoms with Crippen LogP contribution in [0.2, 0.25) is 0 Å². The molecule has 0 unspecified atom stereocenters. The van der Waals surface area contributed by atoms with Crippen LogP contribution in [0.15, 0.2) is 18.3 Å². The smallest absolute Gasteiger partial charge is 0.127 e. The molecular formula is C12H19N3O. The first kappa shape index (κ1) is 11.4. The molecular weight excluding hydrogens is 202 g/mol. The molecule has 88 valence electrons. The van der Waals surface area contributed by atoms with Crippen molar-refractivity contribution in [1.29, 1.82) is 0 Å². The van der Waals surface area contributed by atoms with E-state index in [1.807, 2.05) is 31.3 Å². The van der Waals surface area contributed by atoms with Crippen molar-refractivity contribution in [2.24, 2.45) is 0 Å². The predicted molar refractivity (Wildman–Crippen MR) is 64.5 cm³/mol. The van der Waals surface area contributed by atoms with Gasteiger partial charge in [-0.15, -0.1) is 0 Å². The van der Waals surface area contributed by atoms with Crippen LogP contribution in [0, 0.1) is 0 Å². The molecule has 0 amide bonds. The average molecular weight is 221 g/mol. The first-order chi connectivity index (χ1) is 7.65. The summed E-state index contributed by atoms with van der Waals surface area (Å²) >= 11 is 0.